The largest absolute Gasteiger partial charge is 0.481 e. The molecule has 7 nitrogen and oxygen atoms in total. The summed E-state index contributed by atoms with van der Waals surface area (Å²) >= 11 is 0. The number of hydrogen-bond acceptors (Lipinski definition) is 3. The zero-order chi connectivity index (χ0) is 14.6. The van der Waals surface area contributed by atoms with Gasteiger partial charge in [-0.1, -0.05) is 13.8 Å². The lowest BCUT2D eigenvalue weighted by atomic mass is 10.2. The molecule has 7 heteroatoms. The predicted molar refractivity (Wildman–Crippen MR) is 66.8 cm³/mol. The monoisotopic (exact) mass is 272 g/mol. The molecule has 0 aromatic carbocycles. The summed E-state index contributed by atoms with van der Waals surface area (Å²) < 4.78 is 0. The van der Waals surface area contributed by atoms with Gasteiger partial charge in [0.1, 0.15) is 6.04 Å². The van der Waals surface area contributed by atoms with E-state index >= 15 is 0 Å². The number of amides is 2. The summed E-state index contributed by atoms with van der Waals surface area (Å²) in [5.74, 6) is -2.32. The summed E-state index contributed by atoms with van der Waals surface area (Å²) in [6, 6.07) is -1.73. The highest BCUT2D eigenvalue weighted by Crippen LogP contribution is 2.27. The van der Waals surface area contributed by atoms with Gasteiger partial charge in [0, 0.05) is 12.6 Å². The molecule has 1 unspecified atom stereocenters. The number of carboxylic acids is 2. The molecule has 1 aliphatic carbocycles. The van der Waals surface area contributed by atoms with Crippen LogP contribution >= 0.6 is 0 Å². The Labute approximate surface area is 111 Å². The molecule has 0 saturated heterocycles. The summed E-state index contributed by atoms with van der Waals surface area (Å²) in [5.41, 5.74) is 0. The Morgan fingerprint density at radius 1 is 1.26 bits per heavy atom. The number of nitrogens with zero attached hydrogens (tertiary/aromatic N) is 1. The second kappa shape index (κ2) is 6.40. The minimum atomic E-state index is -1.39. The molecule has 1 aliphatic rings. The zero-order valence-corrected chi connectivity index (χ0v) is 11.1. The average Bonchev–Trinajstić information content (AvgIpc) is 3.07. The minimum Gasteiger partial charge on any atom is -0.481 e. The molecule has 1 rings (SSSR count). The van der Waals surface area contributed by atoms with E-state index in [2.05, 4.69) is 5.32 Å². The Hall–Kier alpha value is -1.79. The van der Waals surface area contributed by atoms with Crippen LogP contribution in [0.1, 0.15) is 33.1 Å². The number of rotatable bonds is 7. The van der Waals surface area contributed by atoms with E-state index in [1.165, 1.54) is 0 Å². The smallest absolute Gasteiger partial charge is 0.326 e. The van der Waals surface area contributed by atoms with Crippen LogP contribution in [0.25, 0.3) is 0 Å². The Balaban J connectivity index is 2.62. The van der Waals surface area contributed by atoms with Crippen molar-refractivity contribution in [2.24, 2.45) is 5.92 Å². The first-order chi connectivity index (χ1) is 8.81. The third-order valence-corrected chi connectivity index (χ3v) is 2.78. The van der Waals surface area contributed by atoms with Gasteiger partial charge in [-0.25, -0.2) is 9.59 Å². The number of carbonyl (C=O) groups excluding carboxylic acids is 1. The second-order valence-corrected chi connectivity index (χ2v) is 5.22. The molecule has 0 bridgehead atoms. The van der Waals surface area contributed by atoms with Crippen LogP contribution in [0.15, 0.2) is 0 Å². The van der Waals surface area contributed by atoms with Crippen LogP contribution in [0.3, 0.4) is 0 Å². The SMILES string of the molecule is CC(C)CN(C(=O)NC(CC(=O)O)C(=O)O)C1CC1. The summed E-state index contributed by atoms with van der Waals surface area (Å²) in [6.45, 7) is 4.47. The molecule has 1 saturated carbocycles. The van der Waals surface area contributed by atoms with Gasteiger partial charge in [0.2, 0.25) is 0 Å². The molecule has 19 heavy (non-hydrogen) atoms. The number of carbonyl (C=O) groups is 3. The fourth-order valence-corrected chi connectivity index (χ4v) is 1.78. The lowest BCUT2D eigenvalue weighted by Gasteiger charge is -2.26. The molecule has 0 aromatic heterocycles. The molecule has 0 spiro atoms. The fourth-order valence-electron chi connectivity index (χ4n) is 1.78. The first-order valence-corrected chi connectivity index (χ1v) is 6.33. The predicted octanol–water partition coefficient (Wildman–Crippen LogP) is 0.744. The normalized spacial score (nSPS) is 15.9. The highest BCUT2D eigenvalue weighted by atomic mass is 16.4. The molecule has 0 aliphatic heterocycles. The van der Waals surface area contributed by atoms with Crippen LogP contribution < -0.4 is 5.32 Å². The maximum absolute atomic E-state index is 12.0. The van der Waals surface area contributed by atoms with Gasteiger partial charge in [-0.2, -0.15) is 0 Å². The standard InChI is InChI=1S/C12H20N2O5/c1-7(2)6-14(8-3-4-8)12(19)13-9(11(17)18)5-10(15)16/h7-9H,3-6H2,1-2H3,(H,13,19)(H,15,16)(H,17,18). The van der Waals surface area contributed by atoms with Crippen LogP contribution in [0, 0.1) is 5.92 Å². The van der Waals surface area contributed by atoms with Gasteiger partial charge >= 0.3 is 18.0 Å². The minimum absolute atomic E-state index is 0.154. The molecular weight excluding hydrogens is 252 g/mol. The van der Waals surface area contributed by atoms with Crippen LogP contribution in [0.2, 0.25) is 0 Å². The van der Waals surface area contributed by atoms with Crippen molar-refractivity contribution in [1.82, 2.24) is 10.2 Å². The van der Waals surface area contributed by atoms with E-state index < -0.39 is 30.4 Å². The number of aliphatic carboxylic acids is 2. The van der Waals surface area contributed by atoms with E-state index in [1.54, 1.807) is 4.90 Å². The van der Waals surface area contributed by atoms with E-state index in [0.29, 0.717) is 6.54 Å². The highest BCUT2D eigenvalue weighted by molar-refractivity contribution is 5.86. The average molecular weight is 272 g/mol. The molecule has 3 N–H and O–H groups in total. The van der Waals surface area contributed by atoms with Crippen molar-refractivity contribution in [3.8, 4) is 0 Å². The van der Waals surface area contributed by atoms with Crippen molar-refractivity contribution < 1.29 is 24.6 Å². The highest BCUT2D eigenvalue weighted by Gasteiger charge is 2.34. The van der Waals surface area contributed by atoms with Crippen LogP contribution in [-0.4, -0.2) is 51.7 Å². The lowest BCUT2D eigenvalue weighted by Crippen LogP contribution is -2.50. The van der Waals surface area contributed by atoms with Crippen LogP contribution in [-0.2, 0) is 9.59 Å². The summed E-state index contributed by atoms with van der Waals surface area (Å²) in [4.78, 5) is 35.1. The molecule has 2 amide bonds. The van der Waals surface area contributed by atoms with E-state index in [4.69, 9.17) is 10.2 Å². The van der Waals surface area contributed by atoms with Crippen molar-refractivity contribution in [2.45, 2.75) is 45.2 Å². The Morgan fingerprint density at radius 2 is 1.84 bits per heavy atom. The molecule has 0 aromatic rings. The maximum Gasteiger partial charge on any atom is 0.326 e. The van der Waals surface area contributed by atoms with Gasteiger partial charge in [-0.05, 0) is 18.8 Å². The molecule has 0 radical (unpaired) electrons. The van der Waals surface area contributed by atoms with Gasteiger partial charge in [0.25, 0.3) is 0 Å². The maximum atomic E-state index is 12.0. The van der Waals surface area contributed by atoms with Gasteiger partial charge < -0.3 is 20.4 Å². The number of carboxylic acid groups (broad SMARTS) is 2. The van der Waals surface area contributed by atoms with Gasteiger partial charge in [0.15, 0.2) is 0 Å². The van der Waals surface area contributed by atoms with E-state index in [0.717, 1.165) is 12.8 Å². The van der Waals surface area contributed by atoms with Crippen molar-refractivity contribution >= 4 is 18.0 Å². The van der Waals surface area contributed by atoms with Crippen molar-refractivity contribution in [3.05, 3.63) is 0 Å². The Bertz CT molecular complexity index is 365. The molecular formula is C12H20N2O5. The fraction of sp³-hybridized carbons (Fsp3) is 0.750. The number of hydrogen-bond donors (Lipinski definition) is 3. The van der Waals surface area contributed by atoms with Crippen molar-refractivity contribution in [1.29, 1.82) is 0 Å². The lowest BCUT2D eigenvalue weighted by molar-refractivity contribution is -0.145. The Kier molecular flexibility index (Phi) is 5.14. The Morgan fingerprint density at radius 3 is 2.21 bits per heavy atom. The topological polar surface area (TPSA) is 107 Å². The van der Waals surface area contributed by atoms with Crippen LogP contribution in [0.5, 0.6) is 0 Å². The third-order valence-electron chi connectivity index (χ3n) is 2.78. The molecule has 0 heterocycles. The van der Waals surface area contributed by atoms with Crippen molar-refractivity contribution in [2.75, 3.05) is 6.54 Å². The van der Waals surface area contributed by atoms with E-state index in [-0.39, 0.29) is 12.0 Å². The molecule has 108 valence electrons. The number of urea groups is 1. The van der Waals surface area contributed by atoms with E-state index in [1.807, 2.05) is 13.8 Å². The zero-order valence-electron chi connectivity index (χ0n) is 11.1. The first-order valence-electron chi connectivity index (χ1n) is 6.33. The summed E-state index contributed by atoms with van der Waals surface area (Å²) in [5, 5.41) is 19.8. The molecule has 1 fully saturated rings. The van der Waals surface area contributed by atoms with Crippen molar-refractivity contribution in [3.63, 3.8) is 0 Å². The number of nitrogens with one attached hydrogen (secondary N) is 1. The van der Waals surface area contributed by atoms with E-state index in [9.17, 15) is 14.4 Å². The van der Waals surface area contributed by atoms with Gasteiger partial charge in [-0.3, -0.25) is 4.79 Å². The second-order valence-electron chi connectivity index (χ2n) is 5.22. The first kappa shape index (κ1) is 15.3. The third kappa shape index (κ3) is 5.15. The summed E-state index contributed by atoms with van der Waals surface area (Å²) in [6.07, 6.45) is 1.20. The summed E-state index contributed by atoms with van der Waals surface area (Å²) in [7, 11) is 0. The van der Waals surface area contributed by atoms with Gasteiger partial charge in [0.05, 0.1) is 6.42 Å². The van der Waals surface area contributed by atoms with Gasteiger partial charge in [-0.15, -0.1) is 0 Å². The van der Waals surface area contributed by atoms with Crippen LogP contribution in [0.4, 0.5) is 4.79 Å². The quantitative estimate of drug-likeness (QED) is 0.633. The molecule has 1 atom stereocenters.